The first-order chi connectivity index (χ1) is 9.99. The Labute approximate surface area is 119 Å². The lowest BCUT2D eigenvalue weighted by Gasteiger charge is -2.33. The Morgan fingerprint density at radius 1 is 1.33 bits per heavy atom. The summed E-state index contributed by atoms with van der Waals surface area (Å²) in [6, 6.07) is 6.56. The van der Waals surface area contributed by atoms with Crippen molar-refractivity contribution >= 4 is 5.82 Å². The third-order valence-corrected chi connectivity index (χ3v) is 3.62. The van der Waals surface area contributed by atoms with Crippen molar-refractivity contribution in [2.75, 3.05) is 12.4 Å². The second kappa shape index (κ2) is 4.98. The van der Waals surface area contributed by atoms with Crippen molar-refractivity contribution in [2.24, 2.45) is 0 Å². The summed E-state index contributed by atoms with van der Waals surface area (Å²) >= 11 is 0. The molecule has 2 aromatic rings. The molecule has 1 aromatic carbocycles. The zero-order valence-electron chi connectivity index (χ0n) is 11.3. The fraction of sp³-hybridized carbons (Fsp3) is 0.357. The van der Waals surface area contributed by atoms with Crippen LogP contribution in [0.2, 0.25) is 0 Å². The summed E-state index contributed by atoms with van der Waals surface area (Å²) in [5.41, 5.74) is 0.760. The van der Waals surface area contributed by atoms with Gasteiger partial charge in [0.25, 0.3) is 0 Å². The van der Waals surface area contributed by atoms with E-state index in [4.69, 9.17) is 4.74 Å². The topological polar surface area (TPSA) is 39.1 Å². The predicted molar refractivity (Wildman–Crippen MR) is 71.3 cm³/mol. The Balaban J connectivity index is 1.96. The van der Waals surface area contributed by atoms with Gasteiger partial charge in [-0.15, -0.1) is 0 Å². The first kappa shape index (κ1) is 13.8. The number of fused-ring (bicyclic) bond motifs is 1. The van der Waals surface area contributed by atoms with Crippen LogP contribution in [-0.2, 0) is 0 Å². The summed E-state index contributed by atoms with van der Waals surface area (Å²) in [7, 11) is 1.53. The fourth-order valence-electron chi connectivity index (χ4n) is 2.59. The van der Waals surface area contributed by atoms with Crippen molar-refractivity contribution in [2.45, 2.75) is 24.7 Å². The van der Waals surface area contributed by atoms with Gasteiger partial charge in [-0.1, -0.05) is 12.1 Å². The lowest BCUT2D eigenvalue weighted by molar-refractivity contribution is -0.173. The molecule has 0 bridgehead atoms. The number of ether oxygens (including phenoxy) is 1. The molecule has 1 N–H and O–H groups in total. The molecule has 1 aromatic heterocycles. The van der Waals surface area contributed by atoms with Crippen LogP contribution in [0.1, 0.15) is 24.1 Å². The van der Waals surface area contributed by atoms with Crippen LogP contribution < -0.4 is 10.1 Å². The number of benzene rings is 1. The Kier molecular flexibility index (Phi) is 3.27. The Hall–Kier alpha value is -2.18. The highest BCUT2D eigenvalue weighted by Gasteiger charge is 2.46. The van der Waals surface area contributed by atoms with Gasteiger partial charge in [-0.2, -0.15) is 18.3 Å². The third kappa shape index (κ3) is 2.55. The first-order valence-electron chi connectivity index (χ1n) is 6.50. The lowest BCUT2D eigenvalue weighted by Crippen LogP contribution is -2.35. The number of methoxy groups -OCH3 is 1. The minimum Gasteiger partial charge on any atom is -0.497 e. The Morgan fingerprint density at radius 2 is 2.14 bits per heavy atom. The summed E-state index contributed by atoms with van der Waals surface area (Å²) in [6.07, 6.45) is -3.07. The molecule has 0 aliphatic carbocycles. The van der Waals surface area contributed by atoms with Crippen LogP contribution in [0, 0.1) is 0 Å². The van der Waals surface area contributed by atoms with Gasteiger partial charge in [-0.05, 0) is 17.7 Å². The van der Waals surface area contributed by atoms with E-state index in [0.29, 0.717) is 11.6 Å². The van der Waals surface area contributed by atoms with Crippen molar-refractivity contribution in [3.63, 3.8) is 0 Å². The molecule has 3 rings (SSSR count). The van der Waals surface area contributed by atoms with Gasteiger partial charge in [0, 0.05) is 12.5 Å². The molecule has 1 aliphatic rings. The second-order valence-electron chi connectivity index (χ2n) is 4.93. The molecule has 4 nitrogen and oxygen atoms in total. The Bertz CT molecular complexity index is 638. The molecule has 0 spiro atoms. The second-order valence-corrected chi connectivity index (χ2v) is 4.93. The van der Waals surface area contributed by atoms with Gasteiger partial charge in [-0.25, -0.2) is 4.68 Å². The zero-order valence-corrected chi connectivity index (χ0v) is 11.3. The number of rotatable bonds is 2. The average molecular weight is 297 g/mol. The zero-order chi connectivity index (χ0) is 15.0. The lowest BCUT2D eigenvalue weighted by atomic mass is 9.97. The van der Waals surface area contributed by atoms with E-state index in [0.717, 1.165) is 10.2 Å². The number of halogens is 3. The van der Waals surface area contributed by atoms with Crippen LogP contribution in [0.5, 0.6) is 5.75 Å². The predicted octanol–water partition coefficient (Wildman–Crippen LogP) is 3.55. The highest BCUT2D eigenvalue weighted by atomic mass is 19.4. The van der Waals surface area contributed by atoms with Crippen LogP contribution in [-0.4, -0.2) is 23.1 Å². The molecule has 2 heterocycles. The molecule has 1 aliphatic heterocycles. The van der Waals surface area contributed by atoms with Crippen molar-refractivity contribution in [3.8, 4) is 5.75 Å². The van der Waals surface area contributed by atoms with Crippen LogP contribution in [0.4, 0.5) is 19.0 Å². The van der Waals surface area contributed by atoms with Gasteiger partial charge >= 0.3 is 6.18 Å². The molecule has 0 fully saturated rings. The van der Waals surface area contributed by atoms with Gasteiger partial charge in [0.2, 0.25) is 0 Å². The SMILES string of the molecule is COc1cccc([C@H]2C[C@@H](C(F)(F)F)n3nccc3N2)c1. The smallest absolute Gasteiger partial charge is 0.410 e. The first-order valence-corrected chi connectivity index (χ1v) is 6.50. The van der Waals surface area contributed by atoms with E-state index in [1.807, 2.05) is 0 Å². The van der Waals surface area contributed by atoms with Gasteiger partial charge in [0.1, 0.15) is 11.6 Å². The van der Waals surface area contributed by atoms with E-state index in [2.05, 4.69) is 10.4 Å². The van der Waals surface area contributed by atoms with E-state index >= 15 is 0 Å². The van der Waals surface area contributed by atoms with Gasteiger partial charge in [0.15, 0.2) is 6.04 Å². The highest BCUT2D eigenvalue weighted by Crippen LogP contribution is 2.43. The van der Waals surface area contributed by atoms with Crippen molar-refractivity contribution in [3.05, 3.63) is 42.1 Å². The average Bonchev–Trinajstić information content (AvgIpc) is 2.93. The molecule has 0 saturated carbocycles. The largest absolute Gasteiger partial charge is 0.497 e. The third-order valence-electron chi connectivity index (χ3n) is 3.62. The van der Waals surface area contributed by atoms with Crippen LogP contribution in [0.15, 0.2) is 36.5 Å². The number of aromatic nitrogens is 2. The van der Waals surface area contributed by atoms with Gasteiger partial charge in [0.05, 0.1) is 19.3 Å². The highest BCUT2D eigenvalue weighted by molar-refractivity contribution is 5.43. The van der Waals surface area contributed by atoms with Crippen molar-refractivity contribution in [1.29, 1.82) is 0 Å². The standard InChI is InChI=1S/C14H14F3N3O/c1-21-10-4-2-3-9(7-10)11-8-12(14(15,16)17)20-13(19-11)5-6-18-20/h2-7,11-12,19H,8H2,1H3/t11-,12+/m1/s1. The van der Waals surface area contributed by atoms with E-state index < -0.39 is 18.3 Å². The maximum Gasteiger partial charge on any atom is 0.410 e. The molecule has 112 valence electrons. The minimum absolute atomic E-state index is 0.106. The van der Waals surface area contributed by atoms with E-state index in [-0.39, 0.29) is 6.42 Å². The van der Waals surface area contributed by atoms with Crippen molar-refractivity contribution in [1.82, 2.24) is 9.78 Å². The summed E-state index contributed by atoms with van der Waals surface area (Å²) in [5.74, 6) is 0.994. The van der Waals surface area contributed by atoms with Gasteiger partial charge in [-0.3, -0.25) is 0 Å². The normalized spacial score (nSPS) is 21.5. The van der Waals surface area contributed by atoms with Crippen LogP contribution in [0.25, 0.3) is 0 Å². The molecular weight excluding hydrogens is 283 g/mol. The number of nitrogens with one attached hydrogen (secondary N) is 1. The summed E-state index contributed by atoms with van der Waals surface area (Å²) < 4.78 is 45.8. The number of hydrogen-bond donors (Lipinski definition) is 1. The summed E-state index contributed by atoms with van der Waals surface area (Å²) in [4.78, 5) is 0. The maximum atomic E-state index is 13.2. The summed E-state index contributed by atoms with van der Waals surface area (Å²) in [6.45, 7) is 0. The molecular formula is C14H14F3N3O. The molecule has 0 amide bonds. The molecule has 0 unspecified atom stereocenters. The molecule has 2 atom stereocenters. The van der Waals surface area contributed by atoms with Gasteiger partial charge < -0.3 is 10.1 Å². The number of alkyl halides is 3. The molecule has 7 heteroatoms. The van der Waals surface area contributed by atoms with Crippen LogP contribution in [0.3, 0.4) is 0 Å². The number of nitrogens with zero attached hydrogens (tertiary/aromatic N) is 2. The fourth-order valence-corrected chi connectivity index (χ4v) is 2.59. The maximum absolute atomic E-state index is 13.2. The number of anilines is 1. The Morgan fingerprint density at radius 3 is 2.86 bits per heavy atom. The van der Waals surface area contributed by atoms with E-state index in [1.54, 1.807) is 30.3 Å². The molecule has 0 radical (unpaired) electrons. The van der Waals surface area contributed by atoms with E-state index in [1.165, 1.54) is 13.3 Å². The van der Waals surface area contributed by atoms with E-state index in [9.17, 15) is 13.2 Å². The van der Waals surface area contributed by atoms with Crippen molar-refractivity contribution < 1.29 is 17.9 Å². The van der Waals surface area contributed by atoms with Crippen LogP contribution >= 0.6 is 0 Å². The minimum atomic E-state index is -4.33. The molecule has 21 heavy (non-hydrogen) atoms. The summed E-state index contributed by atoms with van der Waals surface area (Å²) in [5, 5.41) is 6.87. The monoisotopic (exact) mass is 297 g/mol. The molecule has 0 saturated heterocycles. The quantitative estimate of drug-likeness (QED) is 0.921. The number of hydrogen-bond acceptors (Lipinski definition) is 3.